The second kappa shape index (κ2) is 9.32. The van der Waals surface area contributed by atoms with E-state index in [1.54, 1.807) is 20.3 Å². The Labute approximate surface area is 146 Å². The maximum atomic E-state index is 12.0. The molecule has 2 aromatic rings. The number of hydrogen-bond acceptors (Lipinski definition) is 6. The molecule has 0 aliphatic heterocycles. The summed E-state index contributed by atoms with van der Waals surface area (Å²) in [5, 5.41) is 12.2. The highest BCUT2D eigenvalue weighted by molar-refractivity contribution is 6.36. The Morgan fingerprint density at radius 2 is 1.72 bits per heavy atom. The summed E-state index contributed by atoms with van der Waals surface area (Å²) in [6.45, 7) is 0.134. The van der Waals surface area contributed by atoms with Gasteiger partial charge < -0.3 is 19.4 Å². The average molecular weight is 343 g/mol. The zero-order valence-electron chi connectivity index (χ0n) is 14.3. The van der Waals surface area contributed by atoms with Crippen molar-refractivity contribution in [2.75, 3.05) is 14.2 Å². The van der Waals surface area contributed by atoms with Gasteiger partial charge in [-0.05, 0) is 29.7 Å². The maximum absolute atomic E-state index is 12.0. The molecular formula is C19H21NO5. The molecule has 0 fully saturated rings. The first kappa shape index (κ1) is 18.3. The summed E-state index contributed by atoms with van der Waals surface area (Å²) < 4.78 is 15.6. The number of aryl methyl sites for hydroxylation is 1. The van der Waals surface area contributed by atoms with Crippen LogP contribution in [0.3, 0.4) is 0 Å². The smallest absolute Gasteiger partial charge is 0.356 e. The van der Waals surface area contributed by atoms with Crippen LogP contribution >= 0.6 is 0 Å². The van der Waals surface area contributed by atoms with Crippen molar-refractivity contribution in [3.63, 3.8) is 0 Å². The monoisotopic (exact) mass is 343 g/mol. The lowest BCUT2D eigenvalue weighted by atomic mass is 10.1. The molecule has 0 unspecified atom stereocenters. The number of ether oxygens (including phenoxy) is 3. The quantitative estimate of drug-likeness (QED) is 0.345. The lowest BCUT2D eigenvalue weighted by Gasteiger charge is -2.10. The second-order valence-electron chi connectivity index (χ2n) is 5.30. The van der Waals surface area contributed by atoms with E-state index in [0.29, 0.717) is 17.9 Å². The van der Waals surface area contributed by atoms with Crippen LogP contribution in [0.5, 0.6) is 11.5 Å². The first-order valence-electron chi connectivity index (χ1n) is 7.80. The molecule has 0 heterocycles. The van der Waals surface area contributed by atoms with Gasteiger partial charge in [-0.25, -0.2) is 4.79 Å². The van der Waals surface area contributed by atoms with Gasteiger partial charge in [-0.1, -0.05) is 41.6 Å². The van der Waals surface area contributed by atoms with E-state index in [0.717, 1.165) is 11.1 Å². The molecule has 6 heteroatoms. The molecule has 0 saturated carbocycles. The summed E-state index contributed by atoms with van der Waals surface area (Å²) in [5.74, 6) is 0.602. The molecule has 0 radical (unpaired) electrons. The SMILES string of the molecule is COc1ccc(CCC(=NO)C(=O)OCc2ccccc2)cc1OC. The highest BCUT2D eigenvalue weighted by atomic mass is 16.5. The van der Waals surface area contributed by atoms with E-state index in [2.05, 4.69) is 5.16 Å². The van der Waals surface area contributed by atoms with Gasteiger partial charge in [0.1, 0.15) is 6.61 Å². The second-order valence-corrected chi connectivity index (χ2v) is 5.30. The molecule has 0 atom stereocenters. The third-order valence-corrected chi connectivity index (χ3v) is 3.67. The Morgan fingerprint density at radius 1 is 1.00 bits per heavy atom. The van der Waals surface area contributed by atoms with Crippen molar-refractivity contribution in [2.45, 2.75) is 19.4 Å². The van der Waals surface area contributed by atoms with Gasteiger partial charge in [0.15, 0.2) is 17.2 Å². The molecule has 6 nitrogen and oxygen atoms in total. The Bertz CT molecular complexity index is 728. The highest BCUT2D eigenvalue weighted by Gasteiger charge is 2.15. The van der Waals surface area contributed by atoms with E-state index >= 15 is 0 Å². The van der Waals surface area contributed by atoms with Crippen LogP contribution in [-0.2, 0) is 22.6 Å². The van der Waals surface area contributed by atoms with Crippen LogP contribution < -0.4 is 9.47 Å². The molecule has 2 aromatic carbocycles. The molecule has 0 spiro atoms. The van der Waals surface area contributed by atoms with E-state index in [1.165, 1.54) is 0 Å². The van der Waals surface area contributed by atoms with Gasteiger partial charge in [0.05, 0.1) is 14.2 Å². The van der Waals surface area contributed by atoms with Gasteiger partial charge in [0.25, 0.3) is 0 Å². The molecule has 0 saturated heterocycles. The minimum atomic E-state index is -0.633. The van der Waals surface area contributed by atoms with E-state index in [-0.39, 0.29) is 18.7 Å². The number of oxime groups is 1. The van der Waals surface area contributed by atoms with Crippen LogP contribution in [0.1, 0.15) is 17.5 Å². The number of hydrogen-bond donors (Lipinski definition) is 1. The van der Waals surface area contributed by atoms with Gasteiger partial charge in [0.2, 0.25) is 0 Å². The minimum absolute atomic E-state index is 0.0225. The largest absolute Gasteiger partial charge is 0.493 e. The first-order valence-corrected chi connectivity index (χ1v) is 7.80. The molecule has 132 valence electrons. The number of methoxy groups -OCH3 is 2. The molecule has 0 aliphatic rings. The third kappa shape index (κ3) is 5.24. The fourth-order valence-corrected chi connectivity index (χ4v) is 2.30. The van der Waals surface area contributed by atoms with Gasteiger partial charge >= 0.3 is 5.97 Å². The fraction of sp³-hybridized carbons (Fsp3) is 0.263. The maximum Gasteiger partial charge on any atom is 0.356 e. The van der Waals surface area contributed by atoms with Crippen LogP contribution in [0.15, 0.2) is 53.7 Å². The van der Waals surface area contributed by atoms with Gasteiger partial charge in [-0.3, -0.25) is 0 Å². The Balaban J connectivity index is 1.92. The van der Waals surface area contributed by atoms with Crippen molar-refractivity contribution in [1.29, 1.82) is 0 Å². The zero-order valence-corrected chi connectivity index (χ0v) is 14.3. The van der Waals surface area contributed by atoms with Crippen LogP contribution in [0.2, 0.25) is 0 Å². The first-order chi connectivity index (χ1) is 12.2. The predicted molar refractivity (Wildman–Crippen MR) is 93.3 cm³/mol. The van der Waals surface area contributed by atoms with Gasteiger partial charge in [-0.2, -0.15) is 0 Å². The number of nitrogens with zero attached hydrogens (tertiary/aromatic N) is 1. The van der Waals surface area contributed by atoms with Crippen LogP contribution in [-0.4, -0.2) is 31.1 Å². The number of rotatable bonds is 8. The van der Waals surface area contributed by atoms with Crippen molar-refractivity contribution in [1.82, 2.24) is 0 Å². The third-order valence-electron chi connectivity index (χ3n) is 3.67. The van der Waals surface area contributed by atoms with Crippen molar-refractivity contribution in [3.05, 3.63) is 59.7 Å². The van der Waals surface area contributed by atoms with E-state index in [1.807, 2.05) is 42.5 Å². The summed E-state index contributed by atoms with van der Waals surface area (Å²) in [6.07, 6.45) is 0.750. The lowest BCUT2D eigenvalue weighted by Crippen LogP contribution is -2.18. The average Bonchev–Trinajstić information content (AvgIpc) is 2.67. The van der Waals surface area contributed by atoms with Gasteiger partial charge in [0, 0.05) is 6.42 Å². The topological polar surface area (TPSA) is 77.4 Å². The van der Waals surface area contributed by atoms with E-state index in [4.69, 9.17) is 19.4 Å². The van der Waals surface area contributed by atoms with Gasteiger partial charge in [-0.15, -0.1) is 0 Å². The molecule has 0 aliphatic carbocycles. The molecule has 1 N–H and O–H groups in total. The number of benzene rings is 2. The van der Waals surface area contributed by atoms with Crippen LogP contribution in [0.4, 0.5) is 0 Å². The van der Waals surface area contributed by atoms with Crippen molar-refractivity contribution in [3.8, 4) is 11.5 Å². The number of carbonyl (C=O) groups excluding carboxylic acids is 1. The van der Waals surface area contributed by atoms with E-state index < -0.39 is 5.97 Å². The molecular weight excluding hydrogens is 322 g/mol. The Morgan fingerprint density at radius 3 is 2.36 bits per heavy atom. The van der Waals surface area contributed by atoms with Crippen molar-refractivity contribution in [2.24, 2.45) is 5.16 Å². The molecule has 0 bridgehead atoms. The zero-order chi connectivity index (χ0) is 18.1. The molecule has 0 amide bonds. The predicted octanol–water partition coefficient (Wildman–Crippen LogP) is 3.21. The molecule has 2 rings (SSSR count). The lowest BCUT2D eigenvalue weighted by molar-refractivity contribution is -0.137. The normalized spacial score (nSPS) is 11.0. The summed E-state index contributed by atoms with van der Waals surface area (Å²) in [5.41, 5.74) is 1.77. The minimum Gasteiger partial charge on any atom is -0.493 e. The molecule has 25 heavy (non-hydrogen) atoms. The Kier molecular flexibility index (Phi) is 6.83. The number of esters is 1. The summed E-state index contributed by atoms with van der Waals surface area (Å²) in [6, 6.07) is 14.8. The standard InChI is InChI=1S/C19H21NO5/c1-23-17-11-9-14(12-18(17)24-2)8-10-16(20-22)19(21)25-13-15-6-4-3-5-7-15/h3-7,9,11-12,22H,8,10,13H2,1-2H3. The summed E-state index contributed by atoms with van der Waals surface area (Å²) in [4.78, 5) is 12.0. The molecule has 0 aromatic heterocycles. The summed E-state index contributed by atoms with van der Waals surface area (Å²) in [7, 11) is 3.12. The summed E-state index contributed by atoms with van der Waals surface area (Å²) >= 11 is 0. The Hall–Kier alpha value is -3.02. The highest BCUT2D eigenvalue weighted by Crippen LogP contribution is 2.28. The van der Waals surface area contributed by atoms with Crippen LogP contribution in [0, 0.1) is 0 Å². The van der Waals surface area contributed by atoms with Crippen molar-refractivity contribution >= 4 is 11.7 Å². The van der Waals surface area contributed by atoms with E-state index in [9.17, 15) is 4.79 Å². The fourth-order valence-electron chi connectivity index (χ4n) is 2.30. The number of carbonyl (C=O) groups is 1. The van der Waals surface area contributed by atoms with Crippen LogP contribution in [0.25, 0.3) is 0 Å². The van der Waals surface area contributed by atoms with Crippen molar-refractivity contribution < 1.29 is 24.2 Å².